The lowest BCUT2D eigenvalue weighted by molar-refractivity contribution is -0.123. The summed E-state index contributed by atoms with van der Waals surface area (Å²) in [5, 5.41) is 7.15. The molecule has 3 amide bonds. The summed E-state index contributed by atoms with van der Waals surface area (Å²) in [7, 11) is -2.31. The Morgan fingerprint density at radius 1 is 1.16 bits per heavy atom. The standard InChI is InChI=1S/C20H19N3O6S2/c1-29-16-5-3-2-4-13(16)12-17-19(25)23(20(26)30-17)11-10-18(24)22-14-6-8-15(9-7-14)31(21,27)28/h2-9,12H,10-11H2,1H3,(H,22,24)(H2,21,27,28)/b17-12+. The van der Waals surface area contributed by atoms with Crippen molar-refractivity contribution in [1.82, 2.24) is 4.90 Å². The molecule has 2 aromatic rings. The quantitative estimate of drug-likeness (QED) is 0.604. The molecule has 9 nitrogen and oxygen atoms in total. The van der Waals surface area contributed by atoms with Crippen LogP contribution in [0, 0.1) is 0 Å². The SMILES string of the molecule is COc1ccccc1/C=C1/SC(=O)N(CCC(=O)Nc2ccc(S(N)(=O)=O)cc2)C1=O. The molecule has 162 valence electrons. The van der Waals surface area contributed by atoms with Crippen LogP contribution in [0.4, 0.5) is 10.5 Å². The number of sulfonamides is 1. The van der Waals surface area contributed by atoms with Gasteiger partial charge in [-0.3, -0.25) is 19.3 Å². The number of amides is 3. The number of benzene rings is 2. The van der Waals surface area contributed by atoms with Crippen LogP contribution in [-0.2, 0) is 19.6 Å². The maximum atomic E-state index is 12.6. The molecular weight excluding hydrogens is 442 g/mol. The van der Waals surface area contributed by atoms with Crippen LogP contribution in [-0.4, -0.2) is 44.0 Å². The number of rotatable bonds is 7. The Bertz CT molecular complexity index is 1160. The predicted octanol–water partition coefficient (Wildman–Crippen LogP) is 2.41. The van der Waals surface area contributed by atoms with Crippen molar-refractivity contribution in [3.05, 3.63) is 59.0 Å². The molecule has 11 heteroatoms. The summed E-state index contributed by atoms with van der Waals surface area (Å²) in [5.74, 6) is -0.343. The third-order valence-electron chi connectivity index (χ3n) is 4.33. The van der Waals surface area contributed by atoms with Crippen LogP contribution >= 0.6 is 11.8 Å². The maximum absolute atomic E-state index is 12.6. The van der Waals surface area contributed by atoms with Crippen LogP contribution in [0.2, 0.25) is 0 Å². The highest BCUT2D eigenvalue weighted by molar-refractivity contribution is 8.18. The van der Waals surface area contributed by atoms with Gasteiger partial charge < -0.3 is 10.1 Å². The molecular formula is C20H19N3O6S2. The molecule has 0 radical (unpaired) electrons. The van der Waals surface area contributed by atoms with Gasteiger partial charge in [0.25, 0.3) is 11.1 Å². The fraction of sp³-hybridized carbons (Fsp3) is 0.150. The molecule has 0 aliphatic carbocycles. The van der Waals surface area contributed by atoms with Crippen LogP contribution in [0.5, 0.6) is 5.75 Å². The summed E-state index contributed by atoms with van der Waals surface area (Å²) >= 11 is 0.798. The number of imide groups is 1. The second-order valence-corrected chi connectivity index (χ2v) is 9.00. The number of carbonyl (C=O) groups excluding carboxylic acids is 3. The molecule has 0 aromatic heterocycles. The van der Waals surface area contributed by atoms with Crippen molar-refractivity contribution in [2.75, 3.05) is 19.0 Å². The average molecular weight is 462 g/mol. The lowest BCUT2D eigenvalue weighted by Gasteiger charge is -2.12. The van der Waals surface area contributed by atoms with Crippen molar-refractivity contribution < 1.29 is 27.5 Å². The fourth-order valence-corrected chi connectivity index (χ4v) is 4.16. The Labute approximate surface area is 183 Å². The Morgan fingerprint density at radius 3 is 2.48 bits per heavy atom. The largest absolute Gasteiger partial charge is 0.496 e. The maximum Gasteiger partial charge on any atom is 0.293 e. The van der Waals surface area contributed by atoms with Crippen LogP contribution in [0.1, 0.15) is 12.0 Å². The number of hydrogen-bond donors (Lipinski definition) is 2. The number of hydrogen-bond acceptors (Lipinski definition) is 7. The van der Waals surface area contributed by atoms with Gasteiger partial charge >= 0.3 is 0 Å². The molecule has 1 saturated heterocycles. The van der Waals surface area contributed by atoms with E-state index in [0.29, 0.717) is 17.0 Å². The number of primary sulfonamides is 1. The first kappa shape index (κ1) is 22.5. The van der Waals surface area contributed by atoms with E-state index in [0.717, 1.165) is 16.7 Å². The van der Waals surface area contributed by atoms with Crippen molar-refractivity contribution in [3.8, 4) is 5.75 Å². The normalized spacial score (nSPS) is 15.4. The van der Waals surface area contributed by atoms with Gasteiger partial charge in [-0.25, -0.2) is 13.6 Å². The zero-order chi connectivity index (χ0) is 22.6. The summed E-state index contributed by atoms with van der Waals surface area (Å²) in [4.78, 5) is 38.2. The first-order valence-electron chi connectivity index (χ1n) is 9.00. The van der Waals surface area contributed by atoms with Crippen LogP contribution in [0.25, 0.3) is 6.08 Å². The van der Waals surface area contributed by atoms with Gasteiger partial charge in [0.1, 0.15) is 5.75 Å². The predicted molar refractivity (Wildman–Crippen MR) is 117 cm³/mol. The van der Waals surface area contributed by atoms with Crippen LogP contribution < -0.4 is 15.2 Å². The van der Waals surface area contributed by atoms with E-state index in [9.17, 15) is 22.8 Å². The third-order valence-corrected chi connectivity index (χ3v) is 6.16. The Kier molecular flexibility index (Phi) is 6.78. The number of nitrogens with one attached hydrogen (secondary N) is 1. The second kappa shape index (κ2) is 9.33. The minimum atomic E-state index is -3.82. The molecule has 3 N–H and O–H groups in total. The Balaban J connectivity index is 1.61. The summed E-state index contributed by atoms with van der Waals surface area (Å²) in [6.07, 6.45) is 1.47. The van der Waals surface area contributed by atoms with Gasteiger partial charge in [-0.15, -0.1) is 0 Å². The van der Waals surface area contributed by atoms with E-state index >= 15 is 0 Å². The molecule has 2 aromatic carbocycles. The third kappa shape index (κ3) is 5.51. The molecule has 0 unspecified atom stereocenters. The molecule has 1 fully saturated rings. The number of nitrogens with zero attached hydrogens (tertiary/aromatic N) is 1. The van der Waals surface area contributed by atoms with E-state index in [1.54, 1.807) is 30.3 Å². The average Bonchev–Trinajstić information content (AvgIpc) is 2.99. The number of ether oxygens (including phenoxy) is 1. The van der Waals surface area contributed by atoms with E-state index in [-0.39, 0.29) is 22.8 Å². The van der Waals surface area contributed by atoms with Gasteiger partial charge in [0.05, 0.1) is 16.9 Å². The summed E-state index contributed by atoms with van der Waals surface area (Å²) < 4.78 is 27.8. The van der Waals surface area contributed by atoms with E-state index in [1.165, 1.54) is 31.4 Å². The smallest absolute Gasteiger partial charge is 0.293 e. The number of thioether (sulfide) groups is 1. The Hall–Kier alpha value is -3.15. The Morgan fingerprint density at radius 2 is 1.84 bits per heavy atom. The monoisotopic (exact) mass is 461 g/mol. The highest BCUT2D eigenvalue weighted by Crippen LogP contribution is 2.34. The van der Waals surface area contributed by atoms with Gasteiger partial charge in [-0.05, 0) is 48.2 Å². The highest BCUT2D eigenvalue weighted by atomic mass is 32.2. The van der Waals surface area contributed by atoms with Gasteiger partial charge in [0.15, 0.2) is 0 Å². The molecule has 0 saturated carbocycles. The number of anilines is 1. The van der Waals surface area contributed by atoms with Crippen molar-refractivity contribution in [2.45, 2.75) is 11.3 Å². The molecule has 1 aliphatic rings. The first-order chi connectivity index (χ1) is 14.7. The summed E-state index contributed by atoms with van der Waals surface area (Å²) in [6.45, 7) is -0.0883. The van der Waals surface area contributed by atoms with E-state index < -0.39 is 27.1 Å². The molecule has 0 bridgehead atoms. The summed E-state index contributed by atoms with van der Waals surface area (Å²) in [6, 6.07) is 12.4. The lowest BCUT2D eigenvalue weighted by Crippen LogP contribution is -2.31. The van der Waals surface area contributed by atoms with Crippen LogP contribution in [0.3, 0.4) is 0 Å². The molecule has 1 aliphatic heterocycles. The van der Waals surface area contributed by atoms with E-state index in [2.05, 4.69) is 5.32 Å². The zero-order valence-electron chi connectivity index (χ0n) is 16.4. The second-order valence-electron chi connectivity index (χ2n) is 6.44. The minimum Gasteiger partial charge on any atom is -0.496 e. The van der Waals surface area contributed by atoms with Crippen molar-refractivity contribution >= 4 is 50.6 Å². The number of methoxy groups -OCH3 is 1. The van der Waals surface area contributed by atoms with Crippen LogP contribution in [0.15, 0.2) is 58.3 Å². The van der Waals surface area contributed by atoms with Gasteiger partial charge in [-0.2, -0.15) is 0 Å². The number of para-hydroxylation sites is 1. The molecule has 0 atom stereocenters. The van der Waals surface area contributed by atoms with Crippen molar-refractivity contribution in [1.29, 1.82) is 0 Å². The topological polar surface area (TPSA) is 136 Å². The number of carbonyl (C=O) groups is 3. The van der Waals surface area contributed by atoms with E-state index in [4.69, 9.17) is 9.88 Å². The molecule has 0 spiro atoms. The summed E-state index contributed by atoms with van der Waals surface area (Å²) in [5.41, 5.74) is 1.03. The lowest BCUT2D eigenvalue weighted by atomic mass is 10.2. The molecule has 1 heterocycles. The minimum absolute atomic E-state index is 0.0786. The highest BCUT2D eigenvalue weighted by Gasteiger charge is 2.35. The van der Waals surface area contributed by atoms with Gasteiger partial charge in [0.2, 0.25) is 15.9 Å². The number of nitrogens with two attached hydrogens (primary N) is 1. The van der Waals surface area contributed by atoms with E-state index in [1.807, 2.05) is 0 Å². The first-order valence-corrected chi connectivity index (χ1v) is 11.4. The fourth-order valence-electron chi connectivity index (χ4n) is 2.78. The van der Waals surface area contributed by atoms with Gasteiger partial charge in [-0.1, -0.05) is 18.2 Å². The van der Waals surface area contributed by atoms with Crippen molar-refractivity contribution in [2.24, 2.45) is 5.14 Å². The van der Waals surface area contributed by atoms with Crippen molar-refractivity contribution in [3.63, 3.8) is 0 Å². The zero-order valence-corrected chi connectivity index (χ0v) is 18.0. The van der Waals surface area contributed by atoms with Gasteiger partial charge in [0, 0.05) is 24.2 Å². The molecule has 31 heavy (non-hydrogen) atoms. The molecule has 3 rings (SSSR count).